The van der Waals surface area contributed by atoms with Crippen LogP contribution in [0, 0.1) is 11.3 Å². The van der Waals surface area contributed by atoms with Gasteiger partial charge in [0.25, 0.3) is 0 Å². The highest BCUT2D eigenvalue weighted by Crippen LogP contribution is 2.37. The highest BCUT2D eigenvalue weighted by atomic mass is 16.6. The number of ether oxygens (including phenoxy) is 1. The van der Waals surface area contributed by atoms with Gasteiger partial charge >= 0.3 is 0 Å². The molecule has 4 unspecified atom stereocenters. The number of aromatic nitrogens is 2. The van der Waals surface area contributed by atoms with E-state index in [0.29, 0.717) is 0 Å². The molecule has 92 valence electrons. The Labute approximate surface area is 95.7 Å². The van der Waals surface area contributed by atoms with Gasteiger partial charge in [-0.05, 0) is 0 Å². The molecule has 1 saturated heterocycles. The van der Waals surface area contributed by atoms with Gasteiger partial charge in [-0.2, -0.15) is 10.4 Å². The summed E-state index contributed by atoms with van der Waals surface area (Å²) in [5.74, 6) is -0.428. The lowest BCUT2D eigenvalue weighted by Gasteiger charge is -2.12. The van der Waals surface area contributed by atoms with Crippen molar-refractivity contribution in [2.75, 3.05) is 6.61 Å². The normalized spacial score (nSPS) is 32.6. The second-order valence-corrected chi connectivity index (χ2v) is 3.71. The largest absolute Gasteiger partial charge is 0.503 e. The highest BCUT2D eigenvalue weighted by Gasteiger charge is 2.45. The predicted octanol–water partition coefficient (Wildman–Crippen LogP) is -1.86. The molecule has 0 aromatic carbocycles. The van der Waals surface area contributed by atoms with Crippen LogP contribution < -0.4 is 0 Å². The molecule has 0 aliphatic carbocycles. The Hall–Kier alpha value is -1.66. The van der Waals surface area contributed by atoms with E-state index in [2.05, 4.69) is 10.2 Å². The van der Waals surface area contributed by atoms with E-state index in [1.807, 2.05) is 0 Å². The standard InChI is InChI=1S/C9H11N3O5/c10-1-3-6(14)5(12-11-3)9-8(16)7(15)4(2-13)17-9/h4,7-9,13-16H,2H2,(H,11,12). The number of nitrogens with one attached hydrogen (secondary N) is 1. The van der Waals surface area contributed by atoms with Gasteiger partial charge in [0.1, 0.15) is 36.2 Å². The molecule has 0 radical (unpaired) electrons. The third-order valence-corrected chi connectivity index (χ3v) is 2.70. The number of H-pyrrole nitrogens is 1. The molecular weight excluding hydrogens is 230 g/mol. The van der Waals surface area contributed by atoms with Gasteiger partial charge in [-0.3, -0.25) is 5.10 Å². The average Bonchev–Trinajstić information content (AvgIpc) is 2.82. The zero-order valence-corrected chi connectivity index (χ0v) is 8.61. The lowest BCUT2D eigenvalue weighted by atomic mass is 10.1. The summed E-state index contributed by atoms with van der Waals surface area (Å²) in [5.41, 5.74) is -0.221. The zero-order chi connectivity index (χ0) is 12.6. The number of aromatic amines is 1. The number of aliphatic hydroxyl groups is 3. The van der Waals surface area contributed by atoms with Gasteiger partial charge in [0, 0.05) is 0 Å². The molecule has 1 aromatic heterocycles. The Morgan fingerprint density at radius 1 is 1.41 bits per heavy atom. The van der Waals surface area contributed by atoms with Crippen LogP contribution in [0.15, 0.2) is 0 Å². The van der Waals surface area contributed by atoms with Crippen molar-refractivity contribution in [1.29, 1.82) is 5.26 Å². The molecule has 1 aliphatic rings. The van der Waals surface area contributed by atoms with Crippen molar-refractivity contribution in [1.82, 2.24) is 10.2 Å². The zero-order valence-electron chi connectivity index (χ0n) is 8.61. The van der Waals surface area contributed by atoms with E-state index in [4.69, 9.17) is 15.1 Å². The molecule has 1 fully saturated rings. The summed E-state index contributed by atoms with van der Waals surface area (Å²) >= 11 is 0. The van der Waals surface area contributed by atoms with Crippen LogP contribution in [0.2, 0.25) is 0 Å². The maximum absolute atomic E-state index is 9.69. The van der Waals surface area contributed by atoms with Crippen LogP contribution in [0.5, 0.6) is 5.75 Å². The summed E-state index contributed by atoms with van der Waals surface area (Å²) in [6, 6.07) is 1.65. The Morgan fingerprint density at radius 3 is 2.59 bits per heavy atom. The molecule has 0 saturated carbocycles. The lowest BCUT2D eigenvalue weighted by Crippen LogP contribution is -2.32. The van der Waals surface area contributed by atoms with Gasteiger partial charge in [-0.15, -0.1) is 0 Å². The maximum Gasteiger partial charge on any atom is 0.204 e. The van der Waals surface area contributed by atoms with E-state index in [0.717, 1.165) is 0 Å². The first kappa shape index (κ1) is 11.8. The van der Waals surface area contributed by atoms with Crippen LogP contribution in [0.4, 0.5) is 0 Å². The van der Waals surface area contributed by atoms with E-state index >= 15 is 0 Å². The van der Waals surface area contributed by atoms with E-state index < -0.39 is 36.8 Å². The second kappa shape index (κ2) is 4.31. The van der Waals surface area contributed by atoms with E-state index in [9.17, 15) is 15.3 Å². The molecular formula is C9H11N3O5. The van der Waals surface area contributed by atoms with Gasteiger partial charge in [0.15, 0.2) is 5.75 Å². The summed E-state index contributed by atoms with van der Waals surface area (Å²) < 4.78 is 5.17. The summed E-state index contributed by atoms with van der Waals surface area (Å²) in [6.07, 6.45) is -4.58. The van der Waals surface area contributed by atoms with Gasteiger partial charge < -0.3 is 25.2 Å². The smallest absolute Gasteiger partial charge is 0.204 e. The third-order valence-electron chi connectivity index (χ3n) is 2.70. The minimum absolute atomic E-state index is 0.00375. The monoisotopic (exact) mass is 241 g/mol. The summed E-state index contributed by atoms with van der Waals surface area (Å²) in [4.78, 5) is 0. The molecule has 4 atom stereocenters. The number of nitrogens with zero attached hydrogens (tertiary/aromatic N) is 2. The fourth-order valence-corrected chi connectivity index (χ4v) is 1.76. The fourth-order valence-electron chi connectivity index (χ4n) is 1.76. The van der Waals surface area contributed by atoms with Crippen LogP contribution in [-0.4, -0.2) is 55.5 Å². The minimum Gasteiger partial charge on any atom is -0.503 e. The predicted molar refractivity (Wildman–Crippen MR) is 51.7 cm³/mol. The number of nitriles is 1. The molecule has 5 N–H and O–H groups in total. The molecule has 17 heavy (non-hydrogen) atoms. The van der Waals surface area contributed by atoms with Gasteiger partial charge in [0.05, 0.1) is 6.61 Å². The fraction of sp³-hybridized carbons (Fsp3) is 0.556. The van der Waals surface area contributed by atoms with Gasteiger partial charge in [-0.1, -0.05) is 0 Å². The molecule has 8 heteroatoms. The van der Waals surface area contributed by atoms with Gasteiger partial charge in [0.2, 0.25) is 5.69 Å². The van der Waals surface area contributed by atoms with Crippen molar-refractivity contribution in [2.45, 2.75) is 24.4 Å². The van der Waals surface area contributed by atoms with Crippen LogP contribution >= 0.6 is 0 Å². The second-order valence-electron chi connectivity index (χ2n) is 3.71. The molecule has 0 bridgehead atoms. The number of hydrogen-bond donors (Lipinski definition) is 5. The van der Waals surface area contributed by atoms with E-state index in [1.54, 1.807) is 6.07 Å². The van der Waals surface area contributed by atoms with Crippen molar-refractivity contribution in [3.63, 3.8) is 0 Å². The Balaban J connectivity index is 2.29. The Kier molecular flexibility index (Phi) is 2.99. The highest BCUT2D eigenvalue weighted by molar-refractivity contribution is 5.41. The van der Waals surface area contributed by atoms with Crippen molar-refractivity contribution in [3.05, 3.63) is 11.4 Å². The van der Waals surface area contributed by atoms with E-state index in [1.165, 1.54) is 0 Å². The molecule has 0 amide bonds. The SMILES string of the molecule is N#Cc1n[nH]c(C2OC(CO)C(O)C2O)c1O. The number of aromatic hydroxyl groups is 1. The Morgan fingerprint density at radius 2 is 2.12 bits per heavy atom. The molecule has 2 rings (SSSR count). The number of hydrogen-bond acceptors (Lipinski definition) is 7. The van der Waals surface area contributed by atoms with Crippen molar-refractivity contribution >= 4 is 0 Å². The topological polar surface area (TPSA) is 143 Å². The third kappa shape index (κ3) is 1.75. The first-order valence-corrected chi connectivity index (χ1v) is 4.90. The minimum atomic E-state index is -1.31. The summed E-state index contributed by atoms with van der Waals surface area (Å²) in [7, 11) is 0. The number of rotatable bonds is 2. The number of aliphatic hydroxyl groups excluding tert-OH is 3. The van der Waals surface area contributed by atoms with E-state index in [-0.39, 0.29) is 11.4 Å². The molecule has 1 aromatic rings. The van der Waals surface area contributed by atoms with Crippen LogP contribution in [-0.2, 0) is 4.74 Å². The van der Waals surface area contributed by atoms with Crippen LogP contribution in [0.1, 0.15) is 17.5 Å². The summed E-state index contributed by atoms with van der Waals surface area (Å²) in [5, 5.41) is 52.2. The first-order valence-electron chi connectivity index (χ1n) is 4.90. The van der Waals surface area contributed by atoms with Crippen molar-refractivity contribution in [3.8, 4) is 11.8 Å². The van der Waals surface area contributed by atoms with Crippen LogP contribution in [0.3, 0.4) is 0 Å². The first-order chi connectivity index (χ1) is 8.10. The lowest BCUT2D eigenvalue weighted by molar-refractivity contribution is -0.0245. The van der Waals surface area contributed by atoms with Crippen molar-refractivity contribution in [2.24, 2.45) is 0 Å². The molecule has 1 aliphatic heterocycles. The Bertz CT molecular complexity index is 454. The average molecular weight is 241 g/mol. The molecule has 8 nitrogen and oxygen atoms in total. The quantitative estimate of drug-likeness (QED) is 0.408. The summed E-state index contributed by atoms with van der Waals surface area (Å²) in [6.45, 7) is -0.464. The van der Waals surface area contributed by atoms with Crippen molar-refractivity contribution < 1.29 is 25.2 Å². The molecule has 2 heterocycles. The van der Waals surface area contributed by atoms with Gasteiger partial charge in [-0.25, -0.2) is 0 Å². The van der Waals surface area contributed by atoms with Crippen LogP contribution in [0.25, 0.3) is 0 Å². The molecule has 0 spiro atoms. The maximum atomic E-state index is 9.69.